The monoisotopic (exact) mass is 342 g/mol. The van der Waals surface area contributed by atoms with E-state index in [0.29, 0.717) is 42.1 Å². The Balaban J connectivity index is 2.17. The highest BCUT2D eigenvalue weighted by atomic mass is 16.5. The molecule has 7 heteroatoms. The predicted octanol–water partition coefficient (Wildman–Crippen LogP) is 1.83. The topological polar surface area (TPSA) is 77.6 Å². The van der Waals surface area contributed by atoms with Crippen molar-refractivity contribution >= 4 is 22.6 Å². The minimum Gasteiger partial charge on any atom is -0.385 e. The van der Waals surface area contributed by atoms with Crippen LogP contribution in [0.1, 0.15) is 30.3 Å². The van der Waals surface area contributed by atoms with Crippen molar-refractivity contribution in [2.24, 2.45) is 0 Å². The molecule has 0 fully saturated rings. The number of fused-ring (bicyclic) bond motifs is 2. The molecule has 25 heavy (non-hydrogen) atoms. The number of carbonyl (C=O) groups excluding carboxylic acids is 1. The van der Waals surface area contributed by atoms with Crippen LogP contribution < -0.4 is 10.9 Å². The zero-order chi connectivity index (χ0) is 17.8. The second-order valence-corrected chi connectivity index (χ2v) is 5.87. The van der Waals surface area contributed by atoms with Crippen molar-refractivity contribution in [3.63, 3.8) is 0 Å². The van der Waals surface area contributed by atoms with Crippen molar-refractivity contribution in [3.8, 4) is 0 Å². The maximum atomic E-state index is 12.8. The predicted molar refractivity (Wildman–Crippen MR) is 96.1 cm³/mol. The van der Waals surface area contributed by atoms with Crippen LogP contribution in [0.25, 0.3) is 16.7 Å². The van der Waals surface area contributed by atoms with Gasteiger partial charge in [-0.15, -0.1) is 0 Å². The fraction of sp³-hybridized carbons (Fsp3) is 0.389. The third-order valence-electron chi connectivity index (χ3n) is 4.07. The molecule has 3 aromatic heterocycles. The molecule has 0 atom stereocenters. The van der Waals surface area contributed by atoms with Crippen LogP contribution >= 0.6 is 0 Å². The summed E-state index contributed by atoms with van der Waals surface area (Å²) in [5.74, 6) is -0.189. The SMILES string of the molecule is CCCNC(=O)c1cc2c(=O)n3ccccc3nc2n1CCCOC. The summed E-state index contributed by atoms with van der Waals surface area (Å²) in [5.41, 5.74) is 1.39. The second kappa shape index (κ2) is 7.48. The molecule has 0 saturated heterocycles. The van der Waals surface area contributed by atoms with E-state index in [9.17, 15) is 9.59 Å². The first-order valence-electron chi connectivity index (χ1n) is 8.45. The van der Waals surface area contributed by atoms with E-state index < -0.39 is 0 Å². The first-order valence-corrected chi connectivity index (χ1v) is 8.45. The Hall–Kier alpha value is -2.67. The van der Waals surface area contributed by atoms with Gasteiger partial charge < -0.3 is 14.6 Å². The fourth-order valence-electron chi connectivity index (χ4n) is 2.86. The summed E-state index contributed by atoms with van der Waals surface area (Å²) in [6, 6.07) is 7.04. The normalized spacial score (nSPS) is 11.3. The van der Waals surface area contributed by atoms with Gasteiger partial charge in [-0.3, -0.25) is 14.0 Å². The molecule has 0 aliphatic carbocycles. The molecule has 1 amide bonds. The van der Waals surface area contributed by atoms with Crippen molar-refractivity contribution in [1.82, 2.24) is 19.3 Å². The number of aromatic nitrogens is 3. The average molecular weight is 342 g/mol. The Morgan fingerprint density at radius 3 is 2.96 bits per heavy atom. The third kappa shape index (κ3) is 3.28. The summed E-state index contributed by atoms with van der Waals surface area (Å²) in [5, 5.41) is 3.32. The number of pyridine rings is 1. The first-order chi connectivity index (χ1) is 12.2. The number of amides is 1. The second-order valence-electron chi connectivity index (χ2n) is 5.87. The van der Waals surface area contributed by atoms with E-state index in [1.807, 2.05) is 17.6 Å². The van der Waals surface area contributed by atoms with Crippen molar-refractivity contribution in [1.29, 1.82) is 0 Å². The molecule has 132 valence electrons. The molecule has 3 rings (SSSR count). The molecule has 0 unspecified atom stereocenters. The number of nitrogens with zero attached hydrogens (tertiary/aromatic N) is 3. The van der Waals surface area contributed by atoms with Gasteiger partial charge in [0.1, 0.15) is 17.0 Å². The highest BCUT2D eigenvalue weighted by Crippen LogP contribution is 2.17. The zero-order valence-corrected chi connectivity index (χ0v) is 14.5. The van der Waals surface area contributed by atoms with Gasteiger partial charge in [-0.25, -0.2) is 4.98 Å². The van der Waals surface area contributed by atoms with Gasteiger partial charge in [-0.2, -0.15) is 0 Å². The highest BCUT2D eigenvalue weighted by molar-refractivity contribution is 5.98. The van der Waals surface area contributed by atoms with E-state index in [1.54, 1.807) is 31.5 Å². The summed E-state index contributed by atoms with van der Waals surface area (Å²) in [6.07, 6.45) is 3.26. The summed E-state index contributed by atoms with van der Waals surface area (Å²) in [7, 11) is 1.64. The molecule has 3 heterocycles. The Morgan fingerprint density at radius 1 is 1.36 bits per heavy atom. The molecular weight excluding hydrogens is 320 g/mol. The lowest BCUT2D eigenvalue weighted by atomic mass is 10.3. The molecule has 0 spiro atoms. The van der Waals surface area contributed by atoms with E-state index in [0.717, 1.165) is 12.8 Å². The van der Waals surface area contributed by atoms with Gasteiger partial charge in [-0.1, -0.05) is 13.0 Å². The first kappa shape index (κ1) is 17.2. The van der Waals surface area contributed by atoms with Crippen molar-refractivity contribution in [2.45, 2.75) is 26.3 Å². The molecule has 0 aromatic carbocycles. The number of hydrogen-bond acceptors (Lipinski definition) is 4. The van der Waals surface area contributed by atoms with Gasteiger partial charge in [-0.05, 0) is 31.0 Å². The third-order valence-corrected chi connectivity index (χ3v) is 4.07. The number of methoxy groups -OCH3 is 1. The fourth-order valence-corrected chi connectivity index (χ4v) is 2.86. The Morgan fingerprint density at radius 2 is 2.20 bits per heavy atom. The Kier molecular flexibility index (Phi) is 5.14. The minimum atomic E-state index is -0.189. The summed E-state index contributed by atoms with van der Waals surface area (Å²) >= 11 is 0. The standard InChI is InChI=1S/C18H22N4O3/c1-3-8-19-17(23)14-12-13-16(21(14)10-6-11-25-2)20-15-7-4-5-9-22(15)18(13)24/h4-5,7,9,12H,3,6,8,10-11H2,1-2H3,(H,19,23). The quantitative estimate of drug-likeness (QED) is 0.665. The van der Waals surface area contributed by atoms with Crippen LogP contribution in [0.3, 0.4) is 0 Å². The van der Waals surface area contributed by atoms with Gasteiger partial charge in [0, 0.05) is 33.0 Å². The molecule has 1 N–H and O–H groups in total. The van der Waals surface area contributed by atoms with Gasteiger partial charge >= 0.3 is 0 Å². The maximum Gasteiger partial charge on any atom is 0.267 e. The van der Waals surface area contributed by atoms with E-state index >= 15 is 0 Å². The highest BCUT2D eigenvalue weighted by Gasteiger charge is 2.19. The molecule has 7 nitrogen and oxygen atoms in total. The van der Waals surface area contributed by atoms with Crippen LogP contribution in [-0.4, -0.2) is 40.1 Å². The molecule has 0 aliphatic rings. The van der Waals surface area contributed by atoms with Gasteiger partial charge in [0.05, 0.1) is 5.39 Å². The average Bonchev–Trinajstić information content (AvgIpc) is 2.99. The Bertz CT molecular complexity index is 958. The largest absolute Gasteiger partial charge is 0.385 e. The minimum absolute atomic E-state index is 0.171. The van der Waals surface area contributed by atoms with Crippen molar-refractivity contribution in [3.05, 3.63) is 46.5 Å². The summed E-state index contributed by atoms with van der Waals surface area (Å²) < 4.78 is 8.42. The number of aryl methyl sites for hydroxylation is 1. The van der Waals surface area contributed by atoms with Crippen LogP contribution in [0.15, 0.2) is 35.3 Å². The molecule has 0 bridgehead atoms. The number of hydrogen-bond donors (Lipinski definition) is 1. The molecule has 0 aliphatic heterocycles. The van der Waals surface area contributed by atoms with Crippen molar-refractivity contribution in [2.75, 3.05) is 20.3 Å². The van der Waals surface area contributed by atoms with Gasteiger partial charge in [0.15, 0.2) is 0 Å². The van der Waals surface area contributed by atoms with E-state index in [1.165, 1.54) is 4.40 Å². The lowest BCUT2D eigenvalue weighted by molar-refractivity contribution is 0.0943. The van der Waals surface area contributed by atoms with E-state index in [2.05, 4.69) is 10.3 Å². The summed E-state index contributed by atoms with van der Waals surface area (Å²) in [4.78, 5) is 29.9. The number of ether oxygens (including phenoxy) is 1. The lowest BCUT2D eigenvalue weighted by Gasteiger charge is -2.10. The number of carbonyl (C=O) groups is 1. The lowest BCUT2D eigenvalue weighted by Crippen LogP contribution is -2.26. The van der Waals surface area contributed by atoms with E-state index in [4.69, 9.17) is 4.74 Å². The molecule has 0 radical (unpaired) electrons. The van der Waals surface area contributed by atoms with Crippen LogP contribution in [0.4, 0.5) is 0 Å². The van der Waals surface area contributed by atoms with Crippen LogP contribution in [0.2, 0.25) is 0 Å². The Labute approximate surface area is 145 Å². The van der Waals surface area contributed by atoms with Gasteiger partial charge in [0.2, 0.25) is 0 Å². The van der Waals surface area contributed by atoms with E-state index in [-0.39, 0.29) is 11.5 Å². The molecular formula is C18H22N4O3. The molecule has 3 aromatic rings. The van der Waals surface area contributed by atoms with Crippen LogP contribution in [-0.2, 0) is 11.3 Å². The maximum absolute atomic E-state index is 12.8. The van der Waals surface area contributed by atoms with Gasteiger partial charge in [0.25, 0.3) is 11.5 Å². The summed E-state index contributed by atoms with van der Waals surface area (Å²) in [6.45, 7) is 3.71. The molecule has 0 saturated carbocycles. The van der Waals surface area contributed by atoms with Crippen LogP contribution in [0, 0.1) is 0 Å². The number of nitrogens with one attached hydrogen (secondary N) is 1. The van der Waals surface area contributed by atoms with Crippen LogP contribution in [0.5, 0.6) is 0 Å². The smallest absolute Gasteiger partial charge is 0.267 e. The zero-order valence-electron chi connectivity index (χ0n) is 14.5. The number of rotatable bonds is 7. The van der Waals surface area contributed by atoms with Crippen molar-refractivity contribution < 1.29 is 9.53 Å².